The van der Waals surface area contributed by atoms with E-state index in [1.165, 1.54) is 4.57 Å². The fourth-order valence-electron chi connectivity index (χ4n) is 4.41. The minimum absolute atomic E-state index is 0.0654. The zero-order valence-corrected chi connectivity index (χ0v) is 18.0. The zero-order chi connectivity index (χ0) is 21.2. The van der Waals surface area contributed by atoms with Crippen LogP contribution in [0.3, 0.4) is 0 Å². The van der Waals surface area contributed by atoms with Crippen molar-refractivity contribution in [3.8, 4) is 0 Å². The van der Waals surface area contributed by atoms with Gasteiger partial charge in [0.2, 0.25) is 0 Å². The van der Waals surface area contributed by atoms with Gasteiger partial charge in [-0.1, -0.05) is 30.7 Å². The molecule has 0 spiro atoms. The molecule has 2 aliphatic rings. The predicted octanol–water partition coefficient (Wildman–Crippen LogP) is 4.19. The number of hydrogen-bond acceptors (Lipinski definition) is 3. The highest BCUT2D eigenvalue weighted by Crippen LogP contribution is 2.46. The minimum atomic E-state index is -0.302. The van der Waals surface area contributed by atoms with Gasteiger partial charge < -0.3 is 4.57 Å². The minimum Gasteiger partial charge on any atom is -0.316 e. The van der Waals surface area contributed by atoms with Crippen molar-refractivity contribution in [3.05, 3.63) is 80.0 Å². The Bertz CT molecular complexity index is 1190. The van der Waals surface area contributed by atoms with Crippen LogP contribution in [0.15, 0.2) is 41.3 Å². The molecule has 1 saturated carbocycles. The lowest BCUT2D eigenvalue weighted by atomic mass is 9.98. The number of carbonyl (C=O) groups is 1. The van der Waals surface area contributed by atoms with Crippen LogP contribution in [0.2, 0.25) is 5.02 Å². The number of amides is 1. The molecule has 2 aromatic heterocycles. The largest absolute Gasteiger partial charge is 0.316 e. The summed E-state index contributed by atoms with van der Waals surface area (Å²) in [6.45, 7) is 3.85. The van der Waals surface area contributed by atoms with E-state index < -0.39 is 0 Å². The fourth-order valence-corrected chi connectivity index (χ4v) is 4.54. The van der Waals surface area contributed by atoms with Crippen LogP contribution in [0.4, 0.5) is 5.69 Å². The molecule has 0 saturated heterocycles. The molecular weight excluding hydrogens is 400 g/mol. The van der Waals surface area contributed by atoms with E-state index in [1.54, 1.807) is 31.1 Å². The van der Waals surface area contributed by atoms with Crippen molar-refractivity contribution in [2.24, 2.45) is 7.05 Å². The van der Waals surface area contributed by atoms with E-state index in [1.807, 2.05) is 28.9 Å². The smallest absolute Gasteiger partial charge is 0.277 e. The van der Waals surface area contributed by atoms with Crippen molar-refractivity contribution < 1.29 is 4.79 Å². The Kier molecular flexibility index (Phi) is 4.36. The maximum atomic E-state index is 13.8. The molecule has 1 amide bonds. The zero-order valence-electron chi connectivity index (χ0n) is 17.2. The van der Waals surface area contributed by atoms with Crippen LogP contribution in [0.5, 0.6) is 0 Å². The van der Waals surface area contributed by atoms with Crippen LogP contribution >= 0.6 is 11.6 Å². The maximum Gasteiger partial charge on any atom is 0.277 e. The number of aromatic nitrogens is 3. The third-order valence-corrected chi connectivity index (χ3v) is 6.27. The summed E-state index contributed by atoms with van der Waals surface area (Å²) in [5, 5.41) is 5.47. The van der Waals surface area contributed by atoms with Gasteiger partial charge >= 0.3 is 0 Å². The van der Waals surface area contributed by atoms with Gasteiger partial charge in [0.25, 0.3) is 11.5 Å². The molecule has 3 heterocycles. The quantitative estimate of drug-likeness (QED) is 0.633. The molecule has 1 aliphatic heterocycles. The molecule has 3 aromatic rings. The van der Waals surface area contributed by atoms with Crippen molar-refractivity contribution in [2.75, 3.05) is 4.90 Å². The number of halogens is 1. The summed E-state index contributed by atoms with van der Waals surface area (Å²) in [6.07, 6.45) is 4.59. The van der Waals surface area contributed by atoms with Crippen molar-refractivity contribution >= 4 is 23.2 Å². The molecule has 0 N–H and O–H groups in total. The first-order valence-corrected chi connectivity index (χ1v) is 10.7. The highest BCUT2D eigenvalue weighted by molar-refractivity contribution is 6.30. The van der Waals surface area contributed by atoms with Crippen LogP contribution in [-0.2, 0) is 13.5 Å². The second-order valence-corrected chi connectivity index (χ2v) is 8.60. The van der Waals surface area contributed by atoms with Crippen molar-refractivity contribution in [1.82, 2.24) is 14.3 Å². The summed E-state index contributed by atoms with van der Waals surface area (Å²) >= 11 is 6.14. The topological polar surface area (TPSA) is 60.1 Å². The molecule has 1 atom stereocenters. The number of hydrogen-bond donors (Lipinski definition) is 0. The van der Waals surface area contributed by atoms with E-state index in [9.17, 15) is 9.59 Å². The van der Waals surface area contributed by atoms with Gasteiger partial charge in [0.05, 0.1) is 23.5 Å². The van der Waals surface area contributed by atoms with Crippen LogP contribution < -0.4 is 10.5 Å². The first-order chi connectivity index (χ1) is 14.4. The number of pyridine rings is 1. The molecule has 1 aliphatic carbocycles. The van der Waals surface area contributed by atoms with Crippen molar-refractivity contribution in [1.29, 1.82) is 0 Å². The van der Waals surface area contributed by atoms with E-state index in [0.717, 1.165) is 36.1 Å². The number of carbonyl (C=O) groups excluding carboxylic acids is 1. The van der Waals surface area contributed by atoms with E-state index in [-0.39, 0.29) is 17.5 Å². The average molecular weight is 423 g/mol. The van der Waals surface area contributed by atoms with Gasteiger partial charge in [-0.25, -0.2) is 0 Å². The number of fused-ring (bicyclic) bond motifs is 1. The predicted molar refractivity (Wildman–Crippen MR) is 116 cm³/mol. The van der Waals surface area contributed by atoms with Gasteiger partial charge in [0, 0.05) is 29.4 Å². The molecular formula is C23H23ClN4O2. The lowest BCUT2D eigenvalue weighted by Crippen LogP contribution is -2.32. The first-order valence-electron chi connectivity index (χ1n) is 10.3. The monoisotopic (exact) mass is 422 g/mol. The third kappa shape index (κ3) is 2.82. The van der Waals surface area contributed by atoms with Crippen LogP contribution in [0.25, 0.3) is 0 Å². The Morgan fingerprint density at radius 3 is 2.47 bits per heavy atom. The summed E-state index contributed by atoms with van der Waals surface area (Å²) < 4.78 is 3.47. The van der Waals surface area contributed by atoms with E-state index >= 15 is 0 Å². The molecule has 1 aromatic carbocycles. The van der Waals surface area contributed by atoms with Gasteiger partial charge in [-0.15, -0.1) is 0 Å². The molecule has 0 radical (unpaired) electrons. The van der Waals surface area contributed by atoms with Gasteiger partial charge in [0.15, 0.2) is 0 Å². The Hall–Kier alpha value is -2.86. The normalized spacial score (nSPS) is 18.2. The van der Waals surface area contributed by atoms with Gasteiger partial charge in [-0.05, 0) is 49.9 Å². The average Bonchev–Trinajstić information content (AvgIpc) is 3.43. The van der Waals surface area contributed by atoms with Crippen LogP contribution in [-0.4, -0.2) is 20.3 Å². The second-order valence-electron chi connectivity index (χ2n) is 8.16. The summed E-state index contributed by atoms with van der Waals surface area (Å²) in [7, 11) is 1.72. The molecule has 1 unspecified atom stereocenters. The maximum absolute atomic E-state index is 13.8. The Labute approximate surface area is 179 Å². The Morgan fingerprint density at radius 2 is 1.87 bits per heavy atom. The lowest BCUT2D eigenvalue weighted by Gasteiger charge is -2.27. The highest BCUT2D eigenvalue weighted by Gasteiger charge is 2.46. The van der Waals surface area contributed by atoms with E-state index in [4.69, 9.17) is 16.7 Å². The molecule has 7 heteroatoms. The Balaban J connectivity index is 1.76. The molecule has 6 nitrogen and oxygen atoms in total. The lowest BCUT2D eigenvalue weighted by molar-refractivity contribution is 0.0983. The van der Waals surface area contributed by atoms with Crippen molar-refractivity contribution in [3.63, 3.8) is 0 Å². The molecule has 1 fully saturated rings. The van der Waals surface area contributed by atoms with Gasteiger partial charge in [-0.3, -0.25) is 19.2 Å². The molecule has 154 valence electrons. The molecule has 0 bridgehead atoms. The number of anilines is 1. The number of aryl methyl sites for hydroxylation is 3. The second kappa shape index (κ2) is 6.84. The summed E-state index contributed by atoms with van der Waals surface area (Å²) in [4.78, 5) is 27.9. The van der Waals surface area contributed by atoms with Gasteiger partial charge in [0.1, 0.15) is 5.69 Å². The summed E-state index contributed by atoms with van der Waals surface area (Å²) in [5.41, 5.74) is 4.83. The Morgan fingerprint density at radius 1 is 1.17 bits per heavy atom. The fraction of sp³-hybridized carbons (Fsp3) is 0.348. The van der Waals surface area contributed by atoms with Gasteiger partial charge in [-0.2, -0.15) is 5.10 Å². The van der Waals surface area contributed by atoms with Crippen LogP contribution in [0.1, 0.15) is 64.7 Å². The number of nitrogens with zero attached hydrogens (tertiary/aromatic N) is 4. The summed E-state index contributed by atoms with van der Waals surface area (Å²) in [5.74, 6) is -0.0675. The van der Waals surface area contributed by atoms with Crippen molar-refractivity contribution in [2.45, 2.75) is 45.2 Å². The third-order valence-electron chi connectivity index (χ3n) is 6.02. The SMILES string of the molecule is CCc1nn(C2CC2)c2c1C(c1ccc(Cl)cc1)N(c1cc(C)c(=O)n(C)c1)C2=O. The molecule has 30 heavy (non-hydrogen) atoms. The number of rotatable bonds is 4. The molecule has 5 rings (SSSR count). The number of benzene rings is 1. The van der Waals surface area contributed by atoms with E-state index in [0.29, 0.717) is 28.0 Å². The standard InChI is InChI=1S/C23H23ClN4O2/c1-4-18-19-20(14-5-7-15(24)8-6-14)27(17-11-13(2)22(29)26(3)12-17)23(30)21(19)28(25-18)16-9-10-16/h5-8,11-12,16,20H,4,9-10H2,1-3H3. The first kappa shape index (κ1) is 19.1. The van der Waals surface area contributed by atoms with E-state index in [2.05, 4.69) is 6.92 Å². The van der Waals surface area contributed by atoms with Crippen LogP contribution in [0, 0.1) is 6.92 Å². The highest BCUT2D eigenvalue weighted by atomic mass is 35.5. The summed E-state index contributed by atoms with van der Waals surface area (Å²) in [6, 6.07) is 9.42.